The van der Waals surface area contributed by atoms with Gasteiger partial charge in [0, 0.05) is 38.9 Å². The van der Waals surface area contributed by atoms with Crippen molar-refractivity contribution in [3.05, 3.63) is 0 Å². The van der Waals surface area contributed by atoms with Gasteiger partial charge in [0.1, 0.15) is 0 Å². The molecule has 1 N–H and O–H groups in total. The van der Waals surface area contributed by atoms with E-state index >= 15 is 0 Å². The summed E-state index contributed by atoms with van der Waals surface area (Å²) in [5.74, 6) is 0. The molecule has 2 aliphatic rings. The van der Waals surface area contributed by atoms with E-state index in [1.165, 1.54) is 45.4 Å². The van der Waals surface area contributed by atoms with Crippen molar-refractivity contribution >= 4 is 0 Å². The second kappa shape index (κ2) is 7.02. The maximum atomic E-state index is 5.57. The lowest BCUT2D eigenvalue weighted by atomic mass is 9.79. The van der Waals surface area contributed by atoms with Crippen molar-refractivity contribution in [1.82, 2.24) is 15.1 Å². The summed E-state index contributed by atoms with van der Waals surface area (Å²) in [5.41, 5.74) is 0.421. The number of nitrogens with zero attached hydrogens (tertiary/aromatic N) is 2. The van der Waals surface area contributed by atoms with E-state index in [0.717, 1.165) is 19.8 Å². The molecule has 112 valence electrons. The Kier molecular flexibility index (Phi) is 5.63. The summed E-state index contributed by atoms with van der Waals surface area (Å²) in [5, 5.41) is 3.41. The van der Waals surface area contributed by atoms with Gasteiger partial charge in [-0.1, -0.05) is 0 Å². The minimum atomic E-state index is 0.421. The molecule has 2 fully saturated rings. The Balaban J connectivity index is 1.98. The molecule has 4 heteroatoms. The van der Waals surface area contributed by atoms with E-state index in [2.05, 4.69) is 36.1 Å². The van der Waals surface area contributed by atoms with Crippen molar-refractivity contribution in [3.63, 3.8) is 0 Å². The summed E-state index contributed by atoms with van der Waals surface area (Å²) in [7, 11) is 4.33. The van der Waals surface area contributed by atoms with Gasteiger partial charge in [-0.3, -0.25) is 4.90 Å². The normalized spacial score (nSPS) is 30.2. The highest BCUT2D eigenvalue weighted by atomic mass is 16.5. The minimum absolute atomic E-state index is 0.421. The Morgan fingerprint density at radius 1 is 1.26 bits per heavy atom. The van der Waals surface area contributed by atoms with E-state index in [1.807, 2.05) is 0 Å². The SMILES string of the molecule is CNCC1(CN2CCCN(C)CC2C)CCOCC1. The predicted octanol–water partition coefficient (Wildman–Crippen LogP) is 1.03. The van der Waals surface area contributed by atoms with Gasteiger partial charge in [-0.25, -0.2) is 0 Å². The van der Waals surface area contributed by atoms with Crippen LogP contribution in [0, 0.1) is 5.41 Å². The lowest BCUT2D eigenvalue weighted by Crippen LogP contribution is -2.50. The topological polar surface area (TPSA) is 27.7 Å². The molecule has 2 heterocycles. The number of rotatable bonds is 4. The molecule has 0 saturated carbocycles. The smallest absolute Gasteiger partial charge is 0.0472 e. The fourth-order valence-electron chi connectivity index (χ4n) is 3.66. The van der Waals surface area contributed by atoms with Crippen molar-refractivity contribution in [2.45, 2.75) is 32.2 Å². The zero-order valence-corrected chi connectivity index (χ0v) is 13.0. The first-order valence-electron chi connectivity index (χ1n) is 7.80. The van der Waals surface area contributed by atoms with Gasteiger partial charge in [-0.15, -0.1) is 0 Å². The Labute approximate surface area is 118 Å². The number of hydrogen-bond donors (Lipinski definition) is 1. The zero-order valence-electron chi connectivity index (χ0n) is 13.0. The van der Waals surface area contributed by atoms with Crippen LogP contribution in [0.1, 0.15) is 26.2 Å². The highest BCUT2D eigenvalue weighted by molar-refractivity contribution is 4.89. The van der Waals surface area contributed by atoms with Crippen molar-refractivity contribution in [2.24, 2.45) is 5.41 Å². The molecule has 4 nitrogen and oxygen atoms in total. The van der Waals surface area contributed by atoms with Crippen LogP contribution in [0.4, 0.5) is 0 Å². The molecule has 19 heavy (non-hydrogen) atoms. The molecule has 1 atom stereocenters. The van der Waals surface area contributed by atoms with Gasteiger partial charge in [0.05, 0.1) is 0 Å². The Bertz CT molecular complexity index is 261. The Hall–Kier alpha value is -0.160. The van der Waals surface area contributed by atoms with Gasteiger partial charge in [0.15, 0.2) is 0 Å². The highest BCUT2D eigenvalue weighted by Crippen LogP contribution is 2.32. The lowest BCUT2D eigenvalue weighted by Gasteiger charge is -2.42. The molecule has 0 amide bonds. The van der Waals surface area contributed by atoms with Crippen molar-refractivity contribution < 1.29 is 4.74 Å². The summed E-state index contributed by atoms with van der Waals surface area (Å²) in [4.78, 5) is 5.19. The fourth-order valence-corrected chi connectivity index (χ4v) is 3.66. The van der Waals surface area contributed by atoms with E-state index in [1.54, 1.807) is 0 Å². The number of hydrogen-bond acceptors (Lipinski definition) is 4. The molecular weight excluding hydrogens is 238 g/mol. The molecule has 0 aromatic carbocycles. The van der Waals surface area contributed by atoms with Crippen LogP contribution in [0.25, 0.3) is 0 Å². The van der Waals surface area contributed by atoms with Crippen LogP contribution in [0.2, 0.25) is 0 Å². The van der Waals surface area contributed by atoms with E-state index in [-0.39, 0.29) is 0 Å². The van der Waals surface area contributed by atoms with Crippen molar-refractivity contribution in [3.8, 4) is 0 Å². The largest absolute Gasteiger partial charge is 0.381 e. The molecule has 0 radical (unpaired) electrons. The molecule has 2 aliphatic heterocycles. The molecule has 0 aliphatic carbocycles. The van der Waals surface area contributed by atoms with Crippen LogP contribution < -0.4 is 5.32 Å². The quantitative estimate of drug-likeness (QED) is 0.825. The first kappa shape index (κ1) is 15.2. The summed E-state index contributed by atoms with van der Waals surface area (Å²) in [6.07, 6.45) is 3.70. The summed E-state index contributed by atoms with van der Waals surface area (Å²) in [6, 6.07) is 0.670. The Morgan fingerprint density at radius 3 is 2.68 bits per heavy atom. The third-order valence-corrected chi connectivity index (χ3v) is 4.83. The number of nitrogens with one attached hydrogen (secondary N) is 1. The van der Waals surface area contributed by atoms with Crippen LogP contribution in [0.5, 0.6) is 0 Å². The molecule has 2 rings (SSSR count). The van der Waals surface area contributed by atoms with Crippen LogP contribution in [0.3, 0.4) is 0 Å². The lowest BCUT2D eigenvalue weighted by molar-refractivity contribution is -0.00921. The van der Waals surface area contributed by atoms with Gasteiger partial charge in [-0.2, -0.15) is 0 Å². The van der Waals surface area contributed by atoms with Gasteiger partial charge in [-0.05, 0) is 58.8 Å². The number of ether oxygens (including phenoxy) is 1. The summed E-state index contributed by atoms with van der Waals surface area (Å²) < 4.78 is 5.57. The Morgan fingerprint density at radius 2 is 2.00 bits per heavy atom. The molecule has 1 unspecified atom stereocenters. The molecule has 2 saturated heterocycles. The maximum absolute atomic E-state index is 5.57. The molecule has 0 aromatic heterocycles. The van der Waals surface area contributed by atoms with Crippen LogP contribution in [-0.2, 0) is 4.74 Å². The van der Waals surface area contributed by atoms with Crippen molar-refractivity contribution in [1.29, 1.82) is 0 Å². The van der Waals surface area contributed by atoms with Crippen molar-refractivity contribution in [2.75, 3.05) is 60.0 Å². The standard InChI is InChI=1S/C15H31N3O/c1-14-11-17(3)7-4-8-18(14)13-15(12-16-2)5-9-19-10-6-15/h14,16H,4-13H2,1-3H3. The van der Waals surface area contributed by atoms with E-state index < -0.39 is 0 Å². The second-order valence-electron chi connectivity index (χ2n) is 6.58. The van der Waals surface area contributed by atoms with Crippen LogP contribution >= 0.6 is 0 Å². The molecule has 0 bridgehead atoms. The van der Waals surface area contributed by atoms with Gasteiger partial charge in [0.25, 0.3) is 0 Å². The average molecular weight is 269 g/mol. The fraction of sp³-hybridized carbons (Fsp3) is 1.00. The molecule has 0 aromatic rings. The van der Waals surface area contributed by atoms with Gasteiger partial charge >= 0.3 is 0 Å². The van der Waals surface area contributed by atoms with E-state index in [9.17, 15) is 0 Å². The van der Waals surface area contributed by atoms with Gasteiger partial charge in [0.2, 0.25) is 0 Å². The van der Waals surface area contributed by atoms with E-state index in [0.29, 0.717) is 11.5 Å². The summed E-state index contributed by atoms with van der Waals surface area (Å²) in [6.45, 7) is 10.3. The summed E-state index contributed by atoms with van der Waals surface area (Å²) >= 11 is 0. The second-order valence-corrected chi connectivity index (χ2v) is 6.58. The first-order chi connectivity index (χ1) is 9.15. The predicted molar refractivity (Wildman–Crippen MR) is 79.6 cm³/mol. The third-order valence-electron chi connectivity index (χ3n) is 4.83. The monoisotopic (exact) mass is 269 g/mol. The zero-order chi connectivity index (χ0) is 13.7. The maximum Gasteiger partial charge on any atom is 0.0472 e. The number of likely N-dealkylation sites (N-methyl/N-ethyl adjacent to an activating group) is 1. The van der Waals surface area contributed by atoms with Crippen LogP contribution in [0.15, 0.2) is 0 Å². The third kappa shape index (κ3) is 4.15. The van der Waals surface area contributed by atoms with Crippen LogP contribution in [-0.4, -0.2) is 75.9 Å². The molecular formula is C15H31N3O. The minimum Gasteiger partial charge on any atom is -0.381 e. The van der Waals surface area contributed by atoms with Gasteiger partial charge < -0.3 is 15.0 Å². The van der Waals surface area contributed by atoms with E-state index in [4.69, 9.17) is 4.74 Å². The molecule has 0 spiro atoms. The first-order valence-corrected chi connectivity index (χ1v) is 7.80. The average Bonchev–Trinajstić information content (AvgIpc) is 2.53. The highest BCUT2D eigenvalue weighted by Gasteiger charge is 2.35.